The van der Waals surface area contributed by atoms with Crippen LogP contribution in [-0.4, -0.2) is 59.8 Å². The summed E-state index contributed by atoms with van der Waals surface area (Å²) in [5, 5.41) is 0. The lowest BCUT2D eigenvalue weighted by Crippen LogP contribution is -2.49. The van der Waals surface area contributed by atoms with E-state index in [4.69, 9.17) is 4.42 Å². The maximum atomic E-state index is 12.7. The molecule has 0 aliphatic carbocycles. The number of hydrogen-bond donors (Lipinski definition) is 0. The van der Waals surface area contributed by atoms with E-state index in [9.17, 15) is 9.59 Å². The maximum absolute atomic E-state index is 12.7. The number of amides is 1. The molecule has 0 unspecified atom stereocenters. The lowest BCUT2D eigenvalue weighted by atomic mass is 10.1. The molecule has 8 heteroatoms. The minimum absolute atomic E-state index is 0.0707. The van der Waals surface area contributed by atoms with Crippen molar-refractivity contribution in [2.24, 2.45) is 0 Å². The molecule has 0 saturated carbocycles. The van der Waals surface area contributed by atoms with Gasteiger partial charge in [-0.25, -0.2) is 4.98 Å². The highest BCUT2D eigenvalue weighted by Crippen LogP contribution is 2.26. The van der Waals surface area contributed by atoms with E-state index in [1.54, 1.807) is 30.4 Å². The zero-order valence-electron chi connectivity index (χ0n) is 19.7. The van der Waals surface area contributed by atoms with E-state index in [-0.39, 0.29) is 11.7 Å². The molecule has 1 saturated heterocycles. The second-order valence-corrected chi connectivity index (χ2v) is 10.1. The number of rotatable bonds is 8. The lowest BCUT2D eigenvalue weighted by molar-refractivity contribution is -0.128. The largest absolute Gasteiger partial charge is 0.441 e. The van der Waals surface area contributed by atoms with Crippen molar-refractivity contribution in [3.05, 3.63) is 65.5 Å². The molecular formula is C26H29N3O3S2. The van der Waals surface area contributed by atoms with Gasteiger partial charge in [-0.1, -0.05) is 0 Å². The van der Waals surface area contributed by atoms with Crippen LogP contribution in [0.15, 0.2) is 57.8 Å². The fraction of sp³-hybridized carbons (Fsp3) is 0.346. The zero-order chi connectivity index (χ0) is 24.1. The highest BCUT2D eigenvalue weighted by molar-refractivity contribution is 7.99. The normalized spacial score (nSPS) is 13.9. The molecule has 4 rings (SSSR count). The van der Waals surface area contributed by atoms with E-state index in [2.05, 4.69) is 28.3 Å². The molecule has 2 heterocycles. The summed E-state index contributed by atoms with van der Waals surface area (Å²) in [6.07, 6.45) is 2.05. The summed E-state index contributed by atoms with van der Waals surface area (Å²) in [6, 6.07) is 15.9. The number of ketones is 1. The molecule has 6 nitrogen and oxygen atoms in total. The molecule has 0 spiro atoms. The Kier molecular flexibility index (Phi) is 8.00. The third-order valence-electron chi connectivity index (χ3n) is 5.97. The Morgan fingerprint density at radius 3 is 2.29 bits per heavy atom. The molecule has 2 aromatic carbocycles. The van der Waals surface area contributed by atoms with Gasteiger partial charge in [0, 0.05) is 53.6 Å². The van der Waals surface area contributed by atoms with Crippen LogP contribution in [0.1, 0.15) is 28.7 Å². The zero-order valence-corrected chi connectivity index (χ0v) is 21.4. The van der Waals surface area contributed by atoms with Gasteiger partial charge in [0.2, 0.25) is 11.8 Å². The number of Topliss-reactive ketones (excluding diaryl/α,β-unsaturated/α-hetero) is 1. The van der Waals surface area contributed by atoms with Gasteiger partial charge in [-0.15, -0.1) is 23.5 Å². The van der Waals surface area contributed by atoms with Crippen molar-refractivity contribution in [1.29, 1.82) is 0 Å². The molecule has 178 valence electrons. The number of carbonyl (C=O) groups is 2. The van der Waals surface area contributed by atoms with Crippen molar-refractivity contribution in [3.63, 3.8) is 0 Å². The Morgan fingerprint density at radius 1 is 1.00 bits per heavy atom. The summed E-state index contributed by atoms with van der Waals surface area (Å²) in [5.41, 5.74) is 3.66. The van der Waals surface area contributed by atoms with Crippen molar-refractivity contribution in [1.82, 2.24) is 9.88 Å². The lowest BCUT2D eigenvalue weighted by Gasteiger charge is -2.36. The van der Waals surface area contributed by atoms with Crippen LogP contribution in [0.25, 0.3) is 11.5 Å². The second-order valence-electron chi connectivity index (χ2n) is 8.21. The van der Waals surface area contributed by atoms with Crippen molar-refractivity contribution < 1.29 is 14.0 Å². The number of anilines is 1. The molecule has 1 fully saturated rings. The summed E-state index contributed by atoms with van der Waals surface area (Å²) in [5.74, 6) is 2.73. The van der Waals surface area contributed by atoms with E-state index in [1.807, 2.05) is 48.2 Å². The topological polar surface area (TPSA) is 66.7 Å². The number of aromatic nitrogens is 1. The molecule has 1 aliphatic heterocycles. The Balaban J connectivity index is 1.24. The third-order valence-corrected chi connectivity index (χ3v) is 7.64. The number of carbonyl (C=O) groups excluding carboxylic acids is 2. The molecule has 0 N–H and O–H groups in total. The minimum atomic E-state index is 0.0707. The molecule has 1 amide bonds. The van der Waals surface area contributed by atoms with Crippen LogP contribution in [0.5, 0.6) is 0 Å². The fourth-order valence-electron chi connectivity index (χ4n) is 3.87. The van der Waals surface area contributed by atoms with Gasteiger partial charge in [-0.2, -0.15) is 0 Å². The first kappa shape index (κ1) is 24.4. The van der Waals surface area contributed by atoms with Crippen LogP contribution in [0, 0.1) is 6.92 Å². The first-order valence-electron chi connectivity index (χ1n) is 11.3. The molecule has 34 heavy (non-hydrogen) atoms. The van der Waals surface area contributed by atoms with E-state index in [0.717, 1.165) is 41.4 Å². The smallest absolute Gasteiger partial charge is 0.232 e. The average molecular weight is 496 g/mol. The van der Waals surface area contributed by atoms with E-state index < -0.39 is 0 Å². The number of thioether (sulfide) groups is 2. The van der Waals surface area contributed by atoms with Gasteiger partial charge in [0.15, 0.2) is 5.78 Å². The van der Waals surface area contributed by atoms with Crippen LogP contribution < -0.4 is 4.90 Å². The highest BCUT2D eigenvalue weighted by Gasteiger charge is 2.22. The van der Waals surface area contributed by atoms with Crippen LogP contribution >= 0.6 is 23.5 Å². The number of aryl methyl sites for hydroxylation is 1. The molecule has 1 aromatic heterocycles. The first-order chi connectivity index (χ1) is 16.4. The van der Waals surface area contributed by atoms with Crippen molar-refractivity contribution in [3.8, 4) is 11.5 Å². The highest BCUT2D eigenvalue weighted by atomic mass is 32.2. The average Bonchev–Trinajstić information content (AvgIpc) is 3.24. The second kappa shape index (κ2) is 11.1. The van der Waals surface area contributed by atoms with Gasteiger partial charge in [-0.05, 0) is 68.6 Å². The minimum Gasteiger partial charge on any atom is -0.441 e. The molecule has 1 aliphatic rings. The Hall–Kier alpha value is -2.71. The monoisotopic (exact) mass is 495 g/mol. The van der Waals surface area contributed by atoms with Crippen LogP contribution in [0.2, 0.25) is 0 Å². The number of hydrogen-bond acceptors (Lipinski definition) is 7. The predicted molar refractivity (Wildman–Crippen MR) is 140 cm³/mol. The molecule has 3 aromatic rings. The van der Waals surface area contributed by atoms with Crippen LogP contribution in [0.4, 0.5) is 5.69 Å². The SMILES string of the molecule is CSc1ccc(-c2nc(CSCC(=O)N3CCN(c4ccc(C(C)=O)cc4)CC3)c(C)o2)cc1. The summed E-state index contributed by atoms with van der Waals surface area (Å²) < 4.78 is 5.87. The number of benzene rings is 2. The van der Waals surface area contributed by atoms with Gasteiger partial charge < -0.3 is 14.2 Å². The summed E-state index contributed by atoms with van der Waals surface area (Å²) in [4.78, 5) is 34.2. The van der Waals surface area contributed by atoms with Gasteiger partial charge in [0.1, 0.15) is 5.76 Å². The van der Waals surface area contributed by atoms with E-state index >= 15 is 0 Å². The van der Waals surface area contributed by atoms with Gasteiger partial charge in [-0.3, -0.25) is 9.59 Å². The van der Waals surface area contributed by atoms with Crippen molar-refractivity contribution >= 4 is 40.9 Å². The number of piperazine rings is 1. The van der Waals surface area contributed by atoms with Crippen molar-refractivity contribution in [2.75, 3.05) is 43.1 Å². The first-order valence-corrected chi connectivity index (χ1v) is 13.6. The van der Waals surface area contributed by atoms with Gasteiger partial charge >= 0.3 is 0 Å². The third kappa shape index (κ3) is 5.85. The van der Waals surface area contributed by atoms with Crippen molar-refractivity contribution in [2.45, 2.75) is 24.5 Å². The molecule has 0 radical (unpaired) electrons. The Labute approximate surface area is 209 Å². The van der Waals surface area contributed by atoms with E-state index in [1.165, 1.54) is 4.90 Å². The standard InChI is InChI=1S/C26H29N3O3S2/c1-18(30)20-4-8-22(9-5-20)28-12-14-29(15-13-28)25(31)17-34-16-24-19(2)32-26(27-24)21-6-10-23(33-3)11-7-21/h4-11H,12-17H2,1-3H3. The molecule has 0 bridgehead atoms. The summed E-state index contributed by atoms with van der Waals surface area (Å²) >= 11 is 3.28. The fourth-order valence-corrected chi connectivity index (χ4v) is 5.19. The van der Waals surface area contributed by atoms with Gasteiger partial charge in [0.05, 0.1) is 11.4 Å². The van der Waals surface area contributed by atoms with Crippen LogP contribution in [0.3, 0.4) is 0 Å². The van der Waals surface area contributed by atoms with Gasteiger partial charge in [0.25, 0.3) is 0 Å². The van der Waals surface area contributed by atoms with Crippen LogP contribution in [-0.2, 0) is 10.5 Å². The maximum Gasteiger partial charge on any atom is 0.232 e. The van der Waals surface area contributed by atoms with E-state index in [0.29, 0.717) is 30.5 Å². The summed E-state index contributed by atoms with van der Waals surface area (Å²) in [6.45, 7) is 6.48. The number of oxazole rings is 1. The summed E-state index contributed by atoms with van der Waals surface area (Å²) in [7, 11) is 0. The molecular weight excluding hydrogens is 466 g/mol. The predicted octanol–water partition coefficient (Wildman–Crippen LogP) is 5.16. The Bertz CT molecular complexity index is 1140. The quantitative estimate of drug-likeness (QED) is 0.316. The number of nitrogens with zero attached hydrogens (tertiary/aromatic N) is 3. The Morgan fingerprint density at radius 2 is 1.68 bits per heavy atom. The molecule has 0 atom stereocenters.